The van der Waals surface area contributed by atoms with Crippen molar-refractivity contribution in [2.75, 3.05) is 19.7 Å². The van der Waals surface area contributed by atoms with Crippen molar-refractivity contribution in [2.45, 2.75) is 52.6 Å². The molecular weight excluding hydrogens is 262 g/mol. The van der Waals surface area contributed by atoms with E-state index in [4.69, 9.17) is 4.74 Å². The second-order valence-electron chi connectivity index (χ2n) is 6.67. The molecule has 0 aromatic heterocycles. The predicted octanol–water partition coefficient (Wildman–Crippen LogP) is 3.21. The molecule has 2 rings (SSSR count). The summed E-state index contributed by atoms with van der Waals surface area (Å²) in [6.45, 7) is 8.34. The molecule has 1 fully saturated rings. The molecule has 118 valence electrons. The normalized spacial score (nSPS) is 17.5. The third kappa shape index (κ3) is 5.33. The van der Waals surface area contributed by atoms with E-state index in [2.05, 4.69) is 32.2 Å². The van der Waals surface area contributed by atoms with E-state index in [1.165, 1.54) is 36.8 Å². The third-order valence-electron chi connectivity index (χ3n) is 4.25. The van der Waals surface area contributed by atoms with Gasteiger partial charge in [-0.2, -0.15) is 0 Å². The highest BCUT2D eigenvalue weighted by Crippen LogP contribution is 2.48. The van der Waals surface area contributed by atoms with Gasteiger partial charge in [0.1, 0.15) is 18.5 Å². The minimum Gasteiger partial charge on any atom is -0.491 e. The average molecular weight is 291 g/mol. The van der Waals surface area contributed by atoms with Crippen LogP contribution in [0.4, 0.5) is 0 Å². The molecule has 1 aliphatic carbocycles. The molecule has 3 heteroatoms. The van der Waals surface area contributed by atoms with E-state index >= 15 is 0 Å². The summed E-state index contributed by atoms with van der Waals surface area (Å²) in [6.07, 6.45) is 4.77. The molecule has 0 heterocycles. The van der Waals surface area contributed by atoms with Gasteiger partial charge in [0.25, 0.3) is 0 Å². The quantitative estimate of drug-likeness (QED) is 0.734. The van der Waals surface area contributed by atoms with Gasteiger partial charge in [-0.3, -0.25) is 0 Å². The predicted molar refractivity (Wildman–Crippen MR) is 86.9 cm³/mol. The Hall–Kier alpha value is -1.06. The van der Waals surface area contributed by atoms with Crippen LogP contribution in [0.5, 0.6) is 5.75 Å². The number of nitrogens with one attached hydrogen (secondary N) is 1. The second kappa shape index (κ2) is 7.28. The van der Waals surface area contributed by atoms with Gasteiger partial charge in [0.15, 0.2) is 0 Å². The number of aryl methyl sites for hydroxylation is 2. The fraction of sp³-hybridized carbons (Fsp3) is 0.667. The Morgan fingerprint density at radius 3 is 2.48 bits per heavy atom. The number of hydrogen-bond acceptors (Lipinski definition) is 3. The van der Waals surface area contributed by atoms with Crippen molar-refractivity contribution in [3.05, 3.63) is 29.3 Å². The molecule has 0 amide bonds. The summed E-state index contributed by atoms with van der Waals surface area (Å²) in [5.41, 5.74) is 2.91. The minimum absolute atomic E-state index is 0.344. The molecule has 0 saturated heterocycles. The van der Waals surface area contributed by atoms with E-state index in [0.717, 1.165) is 12.3 Å². The Bertz CT molecular complexity index is 434. The number of hydrogen-bond donors (Lipinski definition) is 2. The molecule has 0 spiro atoms. The lowest BCUT2D eigenvalue weighted by Gasteiger charge is -2.18. The Kier molecular flexibility index (Phi) is 5.65. The molecule has 1 aromatic carbocycles. The van der Waals surface area contributed by atoms with Gasteiger partial charge in [0, 0.05) is 13.1 Å². The highest BCUT2D eigenvalue weighted by molar-refractivity contribution is 5.32. The van der Waals surface area contributed by atoms with Crippen LogP contribution in [0, 0.1) is 19.3 Å². The number of aliphatic hydroxyl groups excluding tert-OH is 1. The third-order valence-corrected chi connectivity index (χ3v) is 4.25. The first kappa shape index (κ1) is 16.3. The lowest BCUT2D eigenvalue weighted by Crippen LogP contribution is -2.34. The minimum atomic E-state index is -0.455. The van der Waals surface area contributed by atoms with Crippen molar-refractivity contribution in [1.82, 2.24) is 5.32 Å². The number of ether oxygens (including phenoxy) is 1. The summed E-state index contributed by atoms with van der Waals surface area (Å²) >= 11 is 0. The molecule has 1 unspecified atom stereocenters. The first-order valence-electron chi connectivity index (χ1n) is 8.13. The first-order chi connectivity index (χ1) is 10.0. The molecule has 21 heavy (non-hydrogen) atoms. The molecule has 2 N–H and O–H groups in total. The van der Waals surface area contributed by atoms with Crippen LogP contribution in [-0.2, 0) is 0 Å². The van der Waals surface area contributed by atoms with Crippen LogP contribution in [0.3, 0.4) is 0 Å². The highest BCUT2D eigenvalue weighted by atomic mass is 16.5. The standard InChI is InChI=1S/C18H29NO2/c1-4-5-18(6-7-18)13-19-11-16(20)12-21-17-9-14(2)8-15(3)10-17/h8-10,16,19-20H,4-7,11-13H2,1-3H3. The molecule has 1 aromatic rings. The zero-order valence-electron chi connectivity index (χ0n) is 13.6. The molecule has 3 nitrogen and oxygen atoms in total. The Balaban J connectivity index is 1.66. The van der Waals surface area contributed by atoms with E-state index < -0.39 is 6.10 Å². The molecule has 0 bridgehead atoms. The van der Waals surface area contributed by atoms with Crippen molar-refractivity contribution < 1.29 is 9.84 Å². The molecule has 1 atom stereocenters. The number of aliphatic hydroxyl groups is 1. The van der Waals surface area contributed by atoms with Crippen LogP contribution in [0.15, 0.2) is 18.2 Å². The van der Waals surface area contributed by atoms with Crippen LogP contribution in [0.1, 0.15) is 43.7 Å². The van der Waals surface area contributed by atoms with Crippen molar-refractivity contribution >= 4 is 0 Å². The topological polar surface area (TPSA) is 41.5 Å². The summed E-state index contributed by atoms with van der Waals surface area (Å²) in [5, 5.41) is 13.4. The van der Waals surface area contributed by atoms with Gasteiger partial charge >= 0.3 is 0 Å². The van der Waals surface area contributed by atoms with Gasteiger partial charge in [-0.05, 0) is 61.8 Å². The van der Waals surface area contributed by atoms with Crippen molar-refractivity contribution in [3.8, 4) is 5.75 Å². The van der Waals surface area contributed by atoms with Gasteiger partial charge in [0.2, 0.25) is 0 Å². The largest absolute Gasteiger partial charge is 0.491 e. The van der Waals surface area contributed by atoms with Gasteiger partial charge < -0.3 is 15.2 Å². The molecule has 0 aliphatic heterocycles. The zero-order valence-corrected chi connectivity index (χ0v) is 13.6. The molecule has 0 radical (unpaired) electrons. The van der Waals surface area contributed by atoms with E-state index in [1.54, 1.807) is 0 Å². The van der Waals surface area contributed by atoms with E-state index in [9.17, 15) is 5.11 Å². The van der Waals surface area contributed by atoms with Gasteiger partial charge in [-0.25, -0.2) is 0 Å². The maximum Gasteiger partial charge on any atom is 0.119 e. The van der Waals surface area contributed by atoms with Crippen molar-refractivity contribution in [3.63, 3.8) is 0 Å². The molecule has 1 saturated carbocycles. The van der Waals surface area contributed by atoms with Crippen molar-refractivity contribution in [2.24, 2.45) is 5.41 Å². The summed E-state index contributed by atoms with van der Waals surface area (Å²) in [5.74, 6) is 0.844. The van der Waals surface area contributed by atoms with Gasteiger partial charge in [-0.1, -0.05) is 19.4 Å². The molecular formula is C18H29NO2. The monoisotopic (exact) mass is 291 g/mol. The van der Waals surface area contributed by atoms with E-state index in [0.29, 0.717) is 18.6 Å². The summed E-state index contributed by atoms with van der Waals surface area (Å²) < 4.78 is 5.69. The summed E-state index contributed by atoms with van der Waals surface area (Å²) in [7, 11) is 0. The Morgan fingerprint density at radius 1 is 1.24 bits per heavy atom. The van der Waals surface area contributed by atoms with E-state index in [-0.39, 0.29) is 0 Å². The molecule has 1 aliphatic rings. The SMILES string of the molecule is CCCC1(CNCC(O)COc2cc(C)cc(C)c2)CC1. The lowest BCUT2D eigenvalue weighted by atomic mass is 10.0. The summed E-state index contributed by atoms with van der Waals surface area (Å²) in [6, 6.07) is 6.13. The summed E-state index contributed by atoms with van der Waals surface area (Å²) in [4.78, 5) is 0. The van der Waals surface area contributed by atoms with Gasteiger partial charge in [0.05, 0.1) is 0 Å². The van der Waals surface area contributed by atoms with E-state index in [1.807, 2.05) is 12.1 Å². The van der Waals surface area contributed by atoms with Gasteiger partial charge in [-0.15, -0.1) is 0 Å². The fourth-order valence-corrected chi connectivity index (χ4v) is 2.99. The van der Waals surface area contributed by atoms with Crippen LogP contribution in [-0.4, -0.2) is 30.9 Å². The average Bonchev–Trinajstić information content (AvgIpc) is 3.16. The van der Waals surface area contributed by atoms with Crippen LogP contribution in [0.25, 0.3) is 0 Å². The Morgan fingerprint density at radius 2 is 1.90 bits per heavy atom. The lowest BCUT2D eigenvalue weighted by molar-refractivity contribution is 0.105. The number of rotatable bonds is 9. The van der Waals surface area contributed by atoms with Crippen LogP contribution >= 0.6 is 0 Å². The van der Waals surface area contributed by atoms with Crippen LogP contribution < -0.4 is 10.1 Å². The highest BCUT2D eigenvalue weighted by Gasteiger charge is 2.40. The second-order valence-corrected chi connectivity index (χ2v) is 6.67. The maximum absolute atomic E-state index is 10.0. The smallest absolute Gasteiger partial charge is 0.119 e. The van der Waals surface area contributed by atoms with Crippen LogP contribution in [0.2, 0.25) is 0 Å². The van der Waals surface area contributed by atoms with Crippen molar-refractivity contribution in [1.29, 1.82) is 0 Å². The maximum atomic E-state index is 10.0. The first-order valence-corrected chi connectivity index (χ1v) is 8.13. The zero-order chi connectivity index (χ0) is 15.3. The fourth-order valence-electron chi connectivity index (χ4n) is 2.99. The Labute approximate surface area is 128 Å². The number of benzene rings is 1.